The van der Waals surface area contributed by atoms with Crippen LogP contribution in [0.1, 0.15) is 22.3 Å². The SMILES string of the molecule is O=C(O)c1ccc(C2=CN(c3ccccc3)CC2)cc1. The average molecular weight is 265 g/mol. The molecule has 3 rings (SSSR count). The van der Waals surface area contributed by atoms with Gasteiger partial charge in [-0.05, 0) is 41.8 Å². The predicted octanol–water partition coefficient (Wildman–Crippen LogP) is 3.64. The van der Waals surface area contributed by atoms with Gasteiger partial charge in [0.15, 0.2) is 0 Å². The van der Waals surface area contributed by atoms with Crippen molar-refractivity contribution >= 4 is 17.2 Å². The zero-order valence-corrected chi connectivity index (χ0v) is 11.0. The lowest BCUT2D eigenvalue weighted by Crippen LogP contribution is -2.11. The number of carboxylic acid groups (broad SMARTS) is 1. The van der Waals surface area contributed by atoms with E-state index in [2.05, 4.69) is 23.2 Å². The van der Waals surface area contributed by atoms with Crippen molar-refractivity contribution in [3.63, 3.8) is 0 Å². The van der Waals surface area contributed by atoms with Gasteiger partial charge in [0.2, 0.25) is 0 Å². The van der Waals surface area contributed by atoms with E-state index < -0.39 is 5.97 Å². The molecule has 0 saturated heterocycles. The fourth-order valence-electron chi connectivity index (χ4n) is 2.43. The zero-order valence-electron chi connectivity index (χ0n) is 11.0. The van der Waals surface area contributed by atoms with Crippen LogP contribution in [-0.2, 0) is 0 Å². The number of nitrogens with zero attached hydrogens (tertiary/aromatic N) is 1. The third-order valence-corrected chi connectivity index (χ3v) is 3.52. The number of hydrogen-bond donors (Lipinski definition) is 1. The van der Waals surface area contributed by atoms with Crippen LogP contribution in [0.15, 0.2) is 60.8 Å². The Morgan fingerprint density at radius 2 is 1.70 bits per heavy atom. The maximum absolute atomic E-state index is 10.8. The van der Waals surface area contributed by atoms with E-state index in [1.165, 1.54) is 11.3 Å². The number of carboxylic acids is 1. The first kappa shape index (κ1) is 12.5. The van der Waals surface area contributed by atoms with Gasteiger partial charge in [-0.3, -0.25) is 0 Å². The van der Waals surface area contributed by atoms with E-state index in [0.29, 0.717) is 5.56 Å². The summed E-state index contributed by atoms with van der Waals surface area (Å²) in [5.41, 5.74) is 3.84. The summed E-state index contributed by atoms with van der Waals surface area (Å²) < 4.78 is 0. The van der Waals surface area contributed by atoms with Crippen LogP contribution < -0.4 is 4.90 Å². The first-order valence-electron chi connectivity index (χ1n) is 6.60. The van der Waals surface area contributed by atoms with Crippen LogP contribution >= 0.6 is 0 Å². The van der Waals surface area contributed by atoms with Gasteiger partial charge in [-0.2, -0.15) is 0 Å². The van der Waals surface area contributed by atoms with Gasteiger partial charge in [-0.25, -0.2) is 4.79 Å². The Morgan fingerprint density at radius 3 is 2.35 bits per heavy atom. The van der Waals surface area contributed by atoms with Crippen molar-refractivity contribution in [2.45, 2.75) is 6.42 Å². The molecule has 0 aliphatic carbocycles. The van der Waals surface area contributed by atoms with Crippen LogP contribution in [-0.4, -0.2) is 17.6 Å². The Morgan fingerprint density at radius 1 is 1.00 bits per heavy atom. The van der Waals surface area contributed by atoms with Crippen molar-refractivity contribution in [3.05, 3.63) is 71.9 Å². The number of benzene rings is 2. The molecule has 3 heteroatoms. The van der Waals surface area contributed by atoms with Crippen LogP contribution in [0.5, 0.6) is 0 Å². The monoisotopic (exact) mass is 265 g/mol. The van der Waals surface area contributed by atoms with E-state index in [1.54, 1.807) is 12.1 Å². The van der Waals surface area contributed by atoms with Crippen LogP contribution in [0, 0.1) is 0 Å². The van der Waals surface area contributed by atoms with Crippen LogP contribution in [0.3, 0.4) is 0 Å². The van der Waals surface area contributed by atoms with Gasteiger partial charge in [0, 0.05) is 18.4 Å². The summed E-state index contributed by atoms with van der Waals surface area (Å²) in [6.45, 7) is 0.958. The van der Waals surface area contributed by atoms with E-state index in [0.717, 1.165) is 18.5 Å². The van der Waals surface area contributed by atoms with E-state index in [9.17, 15) is 4.79 Å². The van der Waals surface area contributed by atoms with Gasteiger partial charge >= 0.3 is 5.97 Å². The summed E-state index contributed by atoms with van der Waals surface area (Å²) in [6.07, 6.45) is 3.12. The average Bonchev–Trinajstić information content (AvgIpc) is 2.98. The second-order valence-corrected chi connectivity index (χ2v) is 4.82. The molecule has 0 aromatic heterocycles. The maximum atomic E-state index is 10.8. The molecule has 2 aromatic rings. The molecule has 1 aliphatic rings. The Labute approximate surface area is 117 Å². The molecule has 1 aliphatic heterocycles. The topological polar surface area (TPSA) is 40.5 Å². The second kappa shape index (κ2) is 5.21. The summed E-state index contributed by atoms with van der Waals surface area (Å²) in [7, 11) is 0. The van der Waals surface area contributed by atoms with Crippen LogP contribution in [0.25, 0.3) is 5.57 Å². The predicted molar refractivity (Wildman–Crippen MR) is 79.8 cm³/mol. The van der Waals surface area contributed by atoms with E-state index >= 15 is 0 Å². The van der Waals surface area contributed by atoms with Crippen LogP contribution in [0.2, 0.25) is 0 Å². The molecule has 1 N–H and O–H groups in total. The number of aromatic carboxylic acids is 1. The largest absolute Gasteiger partial charge is 0.478 e. The van der Waals surface area contributed by atoms with Gasteiger partial charge < -0.3 is 10.0 Å². The van der Waals surface area contributed by atoms with E-state index in [4.69, 9.17) is 5.11 Å². The number of hydrogen-bond acceptors (Lipinski definition) is 2. The summed E-state index contributed by atoms with van der Waals surface area (Å²) in [4.78, 5) is 13.1. The highest BCUT2D eigenvalue weighted by atomic mass is 16.4. The van der Waals surface area contributed by atoms with Gasteiger partial charge in [-0.15, -0.1) is 0 Å². The molecule has 3 nitrogen and oxygen atoms in total. The van der Waals surface area contributed by atoms with Gasteiger partial charge in [0.05, 0.1) is 5.56 Å². The minimum atomic E-state index is -0.886. The van der Waals surface area contributed by atoms with E-state index in [1.807, 2.05) is 30.3 Å². The minimum Gasteiger partial charge on any atom is -0.478 e. The smallest absolute Gasteiger partial charge is 0.335 e. The van der Waals surface area contributed by atoms with Crippen LogP contribution in [0.4, 0.5) is 5.69 Å². The lowest BCUT2D eigenvalue weighted by molar-refractivity contribution is 0.0697. The fourth-order valence-corrected chi connectivity index (χ4v) is 2.43. The highest BCUT2D eigenvalue weighted by Gasteiger charge is 2.15. The lowest BCUT2D eigenvalue weighted by Gasteiger charge is -2.14. The molecule has 0 atom stereocenters. The summed E-state index contributed by atoms with van der Waals surface area (Å²) in [5, 5.41) is 8.91. The third-order valence-electron chi connectivity index (χ3n) is 3.52. The normalized spacial score (nSPS) is 14.2. The molecule has 0 bridgehead atoms. The molecular weight excluding hydrogens is 250 g/mol. The second-order valence-electron chi connectivity index (χ2n) is 4.82. The number of anilines is 1. The van der Waals surface area contributed by atoms with Crippen molar-refractivity contribution in [2.24, 2.45) is 0 Å². The molecule has 0 radical (unpaired) electrons. The first-order chi connectivity index (χ1) is 9.74. The number of carbonyl (C=O) groups is 1. The van der Waals surface area contributed by atoms with Crippen molar-refractivity contribution in [1.29, 1.82) is 0 Å². The Kier molecular flexibility index (Phi) is 3.25. The Balaban J connectivity index is 1.83. The molecule has 0 saturated carbocycles. The molecule has 20 heavy (non-hydrogen) atoms. The van der Waals surface area contributed by atoms with Gasteiger partial charge in [-0.1, -0.05) is 30.3 Å². The van der Waals surface area contributed by atoms with Gasteiger partial charge in [0.1, 0.15) is 0 Å². The van der Waals surface area contributed by atoms with Crippen molar-refractivity contribution in [1.82, 2.24) is 0 Å². The lowest BCUT2D eigenvalue weighted by atomic mass is 10.0. The molecule has 100 valence electrons. The number of para-hydroxylation sites is 1. The standard InChI is InChI=1S/C17H15NO2/c19-17(20)14-8-6-13(7-9-14)15-10-11-18(12-15)16-4-2-1-3-5-16/h1-9,12H,10-11H2,(H,19,20). The number of rotatable bonds is 3. The molecule has 0 spiro atoms. The molecule has 1 heterocycles. The fraction of sp³-hybridized carbons (Fsp3) is 0.118. The van der Waals surface area contributed by atoms with Crippen molar-refractivity contribution in [2.75, 3.05) is 11.4 Å². The molecule has 0 amide bonds. The maximum Gasteiger partial charge on any atom is 0.335 e. The van der Waals surface area contributed by atoms with E-state index in [-0.39, 0.29) is 0 Å². The molecule has 0 fully saturated rings. The molecular formula is C17H15NO2. The highest BCUT2D eigenvalue weighted by molar-refractivity contribution is 5.88. The molecule has 0 unspecified atom stereocenters. The Hall–Kier alpha value is -2.55. The highest BCUT2D eigenvalue weighted by Crippen LogP contribution is 2.28. The first-order valence-corrected chi connectivity index (χ1v) is 6.60. The summed E-state index contributed by atoms with van der Waals surface area (Å²) >= 11 is 0. The van der Waals surface area contributed by atoms with Crippen molar-refractivity contribution < 1.29 is 9.90 Å². The van der Waals surface area contributed by atoms with Gasteiger partial charge in [0.25, 0.3) is 0 Å². The third kappa shape index (κ3) is 2.43. The molecule has 2 aromatic carbocycles. The zero-order chi connectivity index (χ0) is 13.9. The Bertz CT molecular complexity index is 644. The minimum absolute atomic E-state index is 0.326. The summed E-state index contributed by atoms with van der Waals surface area (Å²) in [5.74, 6) is -0.886. The van der Waals surface area contributed by atoms with Crippen molar-refractivity contribution in [3.8, 4) is 0 Å². The quantitative estimate of drug-likeness (QED) is 0.921. The summed E-state index contributed by atoms with van der Waals surface area (Å²) in [6, 6.07) is 17.3.